The topological polar surface area (TPSA) is 61.4 Å². The Labute approximate surface area is 132 Å². The zero-order chi connectivity index (χ0) is 15.9. The van der Waals surface area contributed by atoms with E-state index in [1.165, 1.54) is 0 Å². The van der Waals surface area contributed by atoms with E-state index in [4.69, 9.17) is 0 Å². The lowest BCUT2D eigenvalue weighted by Gasteiger charge is -2.24. The Morgan fingerprint density at radius 2 is 1.95 bits per heavy atom. The Bertz CT molecular complexity index is 502. The summed E-state index contributed by atoms with van der Waals surface area (Å²) in [6, 6.07) is 9.27. The monoisotopic (exact) mass is 303 g/mol. The number of carbonyl (C=O) groups is 2. The van der Waals surface area contributed by atoms with Crippen LogP contribution >= 0.6 is 0 Å². The van der Waals surface area contributed by atoms with Gasteiger partial charge in [-0.25, -0.2) is 4.79 Å². The maximum Gasteiger partial charge on any atom is 0.318 e. The van der Waals surface area contributed by atoms with E-state index in [-0.39, 0.29) is 18.0 Å². The summed E-state index contributed by atoms with van der Waals surface area (Å²) in [7, 11) is 0. The second-order valence-corrected chi connectivity index (χ2v) is 6.13. The number of nitrogens with one attached hydrogen (secondary N) is 2. The molecule has 120 valence electrons. The third-order valence-electron chi connectivity index (χ3n) is 3.79. The number of amides is 3. The van der Waals surface area contributed by atoms with Crippen molar-refractivity contribution in [3.63, 3.8) is 0 Å². The predicted molar refractivity (Wildman–Crippen MR) is 86.3 cm³/mol. The quantitative estimate of drug-likeness (QED) is 0.875. The molecule has 5 nitrogen and oxygen atoms in total. The molecule has 3 amide bonds. The molecule has 5 heteroatoms. The molecule has 0 aromatic heterocycles. The number of likely N-dealkylation sites (tertiary alicyclic amines) is 1. The lowest BCUT2D eigenvalue weighted by atomic mass is 10.2. The summed E-state index contributed by atoms with van der Waals surface area (Å²) in [5.74, 6) is 0.367. The van der Waals surface area contributed by atoms with Crippen molar-refractivity contribution in [2.75, 3.05) is 13.1 Å². The third kappa shape index (κ3) is 4.48. The Morgan fingerprint density at radius 3 is 2.64 bits per heavy atom. The molecule has 0 spiro atoms. The number of hydrogen-bond donors (Lipinski definition) is 2. The van der Waals surface area contributed by atoms with Gasteiger partial charge in [-0.3, -0.25) is 4.79 Å². The van der Waals surface area contributed by atoms with Crippen LogP contribution in [0.3, 0.4) is 0 Å². The van der Waals surface area contributed by atoms with Crippen molar-refractivity contribution in [3.8, 4) is 0 Å². The Morgan fingerprint density at radius 1 is 1.23 bits per heavy atom. The number of rotatable bonds is 5. The smallest absolute Gasteiger partial charge is 0.318 e. The van der Waals surface area contributed by atoms with Crippen molar-refractivity contribution in [3.05, 3.63) is 35.9 Å². The molecule has 1 heterocycles. The van der Waals surface area contributed by atoms with Gasteiger partial charge in [-0.1, -0.05) is 44.2 Å². The fourth-order valence-corrected chi connectivity index (χ4v) is 2.58. The number of nitrogens with zero attached hydrogens (tertiary/aromatic N) is 1. The highest BCUT2D eigenvalue weighted by molar-refractivity contribution is 5.87. The number of urea groups is 1. The summed E-state index contributed by atoms with van der Waals surface area (Å²) in [6.07, 6.45) is 1.61. The van der Waals surface area contributed by atoms with Crippen LogP contribution in [0.25, 0.3) is 0 Å². The van der Waals surface area contributed by atoms with Crippen LogP contribution in [0.15, 0.2) is 30.3 Å². The molecule has 0 unspecified atom stereocenters. The van der Waals surface area contributed by atoms with E-state index in [1.807, 2.05) is 30.3 Å². The van der Waals surface area contributed by atoms with Gasteiger partial charge in [0.05, 0.1) is 0 Å². The molecule has 1 aliphatic rings. The number of carbonyl (C=O) groups excluding carboxylic acids is 2. The van der Waals surface area contributed by atoms with Crippen LogP contribution in [0.1, 0.15) is 32.3 Å². The molecule has 0 bridgehead atoms. The first-order valence-electron chi connectivity index (χ1n) is 7.94. The van der Waals surface area contributed by atoms with Crippen molar-refractivity contribution in [2.45, 2.75) is 39.3 Å². The molecule has 1 aliphatic heterocycles. The van der Waals surface area contributed by atoms with Crippen LogP contribution in [0.4, 0.5) is 4.79 Å². The number of benzene rings is 1. The molecule has 2 rings (SSSR count). The standard InChI is InChI=1S/C17H25N3O2/c1-13(2)11-18-16(21)15-9-6-10-20(15)17(22)19-12-14-7-4-3-5-8-14/h3-5,7-8,13,15H,6,9-12H2,1-2H3,(H,18,21)(H,19,22)/t15-/m1/s1. The van der Waals surface area contributed by atoms with Crippen molar-refractivity contribution < 1.29 is 9.59 Å². The molecule has 1 atom stereocenters. The highest BCUT2D eigenvalue weighted by Crippen LogP contribution is 2.17. The molecular weight excluding hydrogens is 278 g/mol. The van der Waals surface area contributed by atoms with E-state index in [9.17, 15) is 9.59 Å². The second kappa shape index (κ2) is 7.82. The lowest BCUT2D eigenvalue weighted by Crippen LogP contribution is -2.49. The van der Waals surface area contributed by atoms with Gasteiger partial charge in [-0.2, -0.15) is 0 Å². The molecule has 22 heavy (non-hydrogen) atoms. The molecule has 1 aromatic carbocycles. The molecule has 2 N–H and O–H groups in total. The molecule has 1 fully saturated rings. The molecule has 0 aliphatic carbocycles. The highest BCUT2D eigenvalue weighted by atomic mass is 16.2. The maximum atomic E-state index is 12.3. The summed E-state index contributed by atoms with van der Waals surface area (Å²) < 4.78 is 0. The van der Waals surface area contributed by atoms with Crippen molar-refractivity contribution in [1.82, 2.24) is 15.5 Å². The van der Waals surface area contributed by atoms with Crippen LogP contribution in [0, 0.1) is 5.92 Å². The van der Waals surface area contributed by atoms with Gasteiger partial charge in [-0.15, -0.1) is 0 Å². The zero-order valence-corrected chi connectivity index (χ0v) is 13.3. The maximum absolute atomic E-state index is 12.3. The minimum atomic E-state index is -0.338. The van der Waals surface area contributed by atoms with E-state index in [0.29, 0.717) is 25.6 Å². The Balaban J connectivity index is 1.86. The summed E-state index contributed by atoms with van der Waals surface area (Å²) >= 11 is 0. The van der Waals surface area contributed by atoms with E-state index in [1.54, 1.807) is 4.90 Å². The van der Waals surface area contributed by atoms with Crippen LogP contribution in [-0.2, 0) is 11.3 Å². The zero-order valence-electron chi connectivity index (χ0n) is 13.3. The van der Waals surface area contributed by atoms with Gasteiger partial charge in [-0.05, 0) is 24.3 Å². The summed E-state index contributed by atoms with van der Waals surface area (Å²) in [5.41, 5.74) is 1.05. The summed E-state index contributed by atoms with van der Waals surface area (Å²) in [4.78, 5) is 26.2. The predicted octanol–water partition coefficient (Wildman–Crippen LogP) is 2.13. The normalized spacial score (nSPS) is 17.6. The van der Waals surface area contributed by atoms with Gasteiger partial charge < -0.3 is 15.5 Å². The van der Waals surface area contributed by atoms with Gasteiger partial charge in [0, 0.05) is 19.6 Å². The largest absolute Gasteiger partial charge is 0.354 e. The van der Waals surface area contributed by atoms with Gasteiger partial charge in [0.25, 0.3) is 0 Å². The van der Waals surface area contributed by atoms with Crippen LogP contribution in [0.5, 0.6) is 0 Å². The lowest BCUT2D eigenvalue weighted by molar-refractivity contribution is -0.124. The fraction of sp³-hybridized carbons (Fsp3) is 0.529. The average molecular weight is 303 g/mol. The molecule has 1 saturated heterocycles. The fourth-order valence-electron chi connectivity index (χ4n) is 2.58. The van der Waals surface area contributed by atoms with E-state index in [2.05, 4.69) is 24.5 Å². The highest BCUT2D eigenvalue weighted by Gasteiger charge is 2.33. The molecular formula is C17H25N3O2. The van der Waals surface area contributed by atoms with Crippen molar-refractivity contribution in [1.29, 1.82) is 0 Å². The first-order chi connectivity index (χ1) is 10.6. The Hall–Kier alpha value is -2.04. The minimum absolute atomic E-state index is 0.0407. The van der Waals surface area contributed by atoms with E-state index >= 15 is 0 Å². The minimum Gasteiger partial charge on any atom is -0.354 e. The Kier molecular flexibility index (Phi) is 5.81. The van der Waals surface area contributed by atoms with E-state index < -0.39 is 0 Å². The average Bonchev–Trinajstić information content (AvgIpc) is 3.01. The second-order valence-electron chi connectivity index (χ2n) is 6.13. The van der Waals surface area contributed by atoms with E-state index in [0.717, 1.165) is 18.4 Å². The van der Waals surface area contributed by atoms with Crippen LogP contribution < -0.4 is 10.6 Å². The summed E-state index contributed by atoms with van der Waals surface area (Å²) in [5, 5.41) is 5.82. The van der Waals surface area contributed by atoms with Crippen molar-refractivity contribution in [2.24, 2.45) is 5.92 Å². The van der Waals surface area contributed by atoms with Gasteiger partial charge in [0.15, 0.2) is 0 Å². The van der Waals surface area contributed by atoms with Gasteiger partial charge in [0.2, 0.25) is 5.91 Å². The molecule has 0 saturated carbocycles. The molecule has 1 aromatic rings. The first-order valence-corrected chi connectivity index (χ1v) is 7.94. The van der Waals surface area contributed by atoms with Crippen LogP contribution in [-0.4, -0.2) is 36.0 Å². The summed E-state index contributed by atoms with van der Waals surface area (Å²) in [6.45, 7) is 5.88. The number of hydrogen-bond acceptors (Lipinski definition) is 2. The van der Waals surface area contributed by atoms with Gasteiger partial charge in [0.1, 0.15) is 6.04 Å². The van der Waals surface area contributed by atoms with Crippen LogP contribution in [0.2, 0.25) is 0 Å². The van der Waals surface area contributed by atoms with Gasteiger partial charge >= 0.3 is 6.03 Å². The first kappa shape index (κ1) is 16.3. The SMILES string of the molecule is CC(C)CNC(=O)[C@H]1CCCN1C(=O)NCc1ccccc1. The van der Waals surface area contributed by atoms with Crippen molar-refractivity contribution >= 4 is 11.9 Å². The molecule has 0 radical (unpaired) electrons. The third-order valence-corrected chi connectivity index (χ3v) is 3.79.